The highest BCUT2D eigenvalue weighted by Gasteiger charge is 2.28. The van der Waals surface area contributed by atoms with Crippen molar-refractivity contribution in [3.8, 4) is 0 Å². The highest BCUT2D eigenvalue weighted by molar-refractivity contribution is 14.1. The molecule has 158 valence electrons. The molecule has 1 aliphatic rings. The summed E-state index contributed by atoms with van der Waals surface area (Å²) in [5, 5.41) is 6.19. The van der Waals surface area contributed by atoms with Gasteiger partial charge in [-0.25, -0.2) is 8.78 Å². The van der Waals surface area contributed by atoms with Crippen molar-refractivity contribution >= 4 is 61.5 Å². The summed E-state index contributed by atoms with van der Waals surface area (Å²) in [4.78, 5) is 0. The van der Waals surface area contributed by atoms with Gasteiger partial charge in [-0.2, -0.15) is 12.7 Å². The van der Waals surface area contributed by atoms with E-state index in [0.29, 0.717) is 36.6 Å². The number of anilines is 3. The third-order valence-electron chi connectivity index (χ3n) is 4.72. The van der Waals surface area contributed by atoms with Crippen LogP contribution in [0.15, 0.2) is 30.3 Å². The summed E-state index contributed by atoms with van der Waals surface area (Å²) in [7, 11) is -2.16. The van der Waals surface area contributed by atoms with Gasteiger partial charge in [-0.3, -0.25) is 4.72 Å². The Morgan fingerprint density at radius 3 is 2.28 bits per heavy atom. The second-order valence-corrected chi connectivity index (χ2v) is 9.93. The Bertz CT molecular complexity index is 1000. The van der Waals surface area contributed by atoms with E-state index in [1.807, 2.05) is 7.05 Å². The maximum atomic E-state index is 14.5. The number of nitrogens with one attached hydrogen (secondary N) is 3. The van der Waals surface area contributed by atoms with Crippen molar-refractivity contribution in [2.24, 2.45) is 0 Å². The van der Waals surface area contributed by atoms with Gasteiger partial charge in [-0.1, -0.05) is 11.6 Å². The van der Waals surface area contributed by atoms with Crippen molar-refractivity contribution in [1.29, 1.82) is 0 Å². The zero-order chi connectivity index (χ0) is 21.2. The van der Waals surface area contributed by atoms with Crippen LogP contribution < -0.4 is 15.4 Å². The van der Waals surface area contributed by atoms with Crippen LogP contribution in [0, 0.1) is 15.2 Å². The summed E-state index contributed by atoms with van der Waals surface area (Å²) in [6.45, 7) is 0.603. The molecule has 1 fully saturated rings. The fourth-order valence-corrected chi connectivity index (χ4v) is 5.21. The van der Waals surface area contributed by atoms with E-state index in [1.165, 1.54) is 16.4 Å². The van der Waals surface area contributed by atoms with Gasteiger partial charge >= 0.3 is 10.2 Å². The first-order chi connectivity index (χ1) is 13.7. The molecule has 1 aliphatic heterocycles. The van der Waals surface area contributed by atoms with Crippen LogP contribution in [0.5, 0.6) is 0 Å². The van der Waals surface area contributed by atoms with Gasteiger partial charge in [0.05, 0.1) is 22.1 Å². The highest BCUT2D eigenvalue weighted by atomic mass is 127. The van der Waals surface area contributed by atoms with Crippen molar-refractivity contribution in [2.75, 3.05) is 30.2 Å². The molecular formula is C18H20ClF2IN4O2S. The van der Waals surface area contributed by atoms with Crippen LogP contribution in [0.25, 0.3) is 0 Å². The van der Waals surface area contributed by atoms with E-state index < -0.39 is 27.5 Å². The molecule has 0 aliphatic carbocycles. The smallest absolute Gasteiger partial charge is 0.301 e. The quantitative estimate of drug-likeness (QED) is 0.464. The standard InChI is InChI=1S/C18H20ClF2IN4O2S/c1-23-12-6-8-26(9-7-12)29(27,28)25-16-5-4-15(17(20)18(16)21)24-14-3-2-11(22)10-13(14)19/h2-5,10,12,23-25H,6-9H2,1H3. The third-order valence-corrected chi connectivity index (χ3v) is 7.23. The first-order valence-corrected chi connectivity index (χ1v) is 11.8. The molecule has 11 heteroatoms. The normalized spacial score (nSPS) is 16.0. The van der Waals surface area contributed by atoms with E-state index >= 15 is 0 Å². The van der Waals surface area contributed by atoms with Crippen molar-refractivity contribution in [2.45, 2.75) is 18.9 Å². The lowest BCUT2D eigenvalue weighted by Crippen LogP contribution is -2.46. The minimum absolute atomic E-state index is 0.150. The zero-order valence-electron chi connectivity index (χ0n) is 15.5. The number of hydrogen-bond acceptors (Lipinski definition) is 4. The van der Waals surface area contributed by atoms with Crippen molar-refractivity contribution in [1.82, 2.24) is 9.62 Å². The van der Waals surface area contributed by atoms with Crippen molar-refractivity contribution in [3.63, 3.8) is 0 Å². The number of halogens is 4. The molecule has 0 spiro atoms. The SMILES string of the molecule is CNC1CCN(S(=O)(=O)Nc2ccc(Nc3ccc(I)cc3Cl)c(F)c2F)CC1. The molecule has 2 aromatic rings. The van der Waals surface area contributed by atoms with Crippen molar-refractivity contribution in [3.05, 3.63) is 50.6 Å². The minimum atomic E-state index is -3.98. The molecule has 0 saturated carbocycles. The summed E-state index contributed by atoms with van der Waals surface area (Å²) >= 11 is 8.20. The largest absolute Gasteiger partial charge is 0.352 e. The van der Waals surface area contributed by atoms with Gasteiger partial charge in [0, 0.05) is 22.7 Å². The molecule has 1 saturated heterocycles. The summed E-state index contributed by atoms with van der Waals surface area (Å²) in [6, 6.07) is 7.78. The number of rotatable bonds is 6. The summed E-state index contributed by atoms with van der Waals surface area (Å²) in [5.74, 6) is -2.49. The number of nitrogens with zero attached hydrogens (tertiary/aromatic N) is 1. The molecule has 0 aromatic heterocycles. The fourth-order valence-electron chi connectivity index (χ4n) is 3.05. The molecular weight excluding hydrogens is 537 g/mol. The lowest BCUT2D eigenvalue weighted by Gasteiger charge is -2.31. The fraction of sp³-hybridized carbons (Fsp3) is 0.333. The molecule has 0 bridgehead atoms. The Morgan fingerprint density at radius 2 is 1.66 bits per heavy atom. The second-order valence-electron chi connectivity index (χ2n) is 6.61. The summed E-state index contributed by atoms with van der Waals surface area (Å²) < 4.78 is 58.4. The van der Waals surface area contributed by atoms with Crippen molar-refractivity contribution < 1.29 is 17.2 Å². The van der Waals surface area contributed by atoms with Gasteiger partial charge in [-0.05, 0) is 72.8 Å². The van der Waals surface area contributed by atoms with E-state index in [2.05, 4.69) is 37.9 Å². The Morgan fingerprint density at radius 1 is 1.07 bits per heavy atom. The predicted molar refractivity (Wildman–Crippen MR) is 120 cm³/mol. The molecule has 29 heavy (non-hydrogen) atoms. The lowest BCUT2D eigenvalue weighted by molar-refractivity contribution is 0.300. The van der Waals surface area contributed by atoms with E-state index in [4.69, 9.17) is 11.6 Å². The maximum absolute atomic E-state index is 14.5. The van der Waals surface area contributed by atoms with Crippen LogP contribution in [-0.2, 0) is 10.2 Å². The third kappa shape index (κ3) is 5.29. The number of piperidine rings is 1. The van der Waals surface area contributed by atoms with E-state index in [0.717, 1.165) is 3.57 Å². The molecule has 0 amide bonds. The van der Waals surface area contributed by atoms with E-state index in [-0.39, 0.29) is 11.7 Å². The van der Waals surface area contributed by atoms with Gasteiger partial charge in [0.15, 0.2) is 11.6 Å². The molecule has 0 radical (unpaired) electrons. The Labute approximate surface area is 187 Å². The van der Waals surface area contributed by atoms with Crippen LogP contribution in [0.4, 0.5) is 25.8 Å². The molecule has 1 heterocycles. The van der Waals surface area contributed by atoms with Gasteiger partial charge in [0.2, 0.25) is 0 Å². The number of benzene rings is 2. The Hall–Kier alpha value is -1.21. The molecule has 6 nitrogen and oxygen atoms in total. The average Bonchev–Trinajstić information content (AvgIpc) is 2.69. The first kappa shape index (κ1) is 22.5. The zero-order valence-corrected chi connectivity index (χ0v) is 19.2. The number of hydrogen-bond donors (Lipinski definition) is 3. The van der Waals surface area contributed by atoms with E-state index in [9.17, 15) is 17.2 Å². The second kappa shape index (κ2) is 9.29. The molecule has 0 unspecified atom stereocenters. The van der Waals surface area contributed by atoms with Gasteiger partial charge in [0.1, 0.15) is 0 Å². The molecule has 0 atom stereocenters. The van der Waals surface area contributed by atoms with E-state index in [1.54, 1.807) is 18.2 Å². The van der Waals surface area contributed by atoms with Crippen LogP contribution in [0.2, 0.25) is 5.02 Å². The minimum Gasteiger partial charge on any atom is -0.352 e. The van der Waals surface area contributed by atoms with Crippen LogP contribution in [0.1, 0.15) is 12.8 Å². The molecule has 3 N–H and O–H groups in total. The predicted octanol–water partition coefficient (Wildman–Crippen LogP) is 4.31. The van der Waals surface area contributed by atoms with Gasteiger partial charge < -0.3 is 10.6 Å². The summed E-state index contributed by atoms with van der Waals surface area (Å²) in [5.41, 5.74) is -0.188. The highest BCUT2D eigenvalue weighted by Crippen LogP contribution is 2.31. The van der Waals surface area contributed by atoms with Crippen LogP contribution in [0.3, 0.4) is 0 Å². The summed E-state index contributed by atoms with van der Waals surface area (Å²) in [6.07, 6.45) is 1.29. The Kier molecular flexibility index (Phi) is 7.20. The average molecular weight is 557 g/mol. The van der Waals surface area contributed by atoms with Gasteiger partial charge in [-0.15, -0.1) is 0 Å². The first-order valence-electron chi connectivity index (χ1n) is 8.86. The van der Waals surface area contributed by atoms with Crippen LogP contribution >= 0.6 is 34.2 Å². The topological polar surface area (TPSA) is 73.5 Å². The van der Waals surface area contributed by atoms with Gasteiger partial charge in [0.25, 0.3) is 0 Å². The molecule has 2 aromatic carbocycles. The molecule has 3 rings (SSSR count). The maximum Gasteiger partial charge on any atom is 0.301 e. The lowest BCUT2D eigenvalue weighted by atomic mass is 10.1. The monoisotopic (exact) mass is 556 g/mol. The van der Waals surface area contributed by atoms with Crippen LogP contribution in [-0.4, -0.2) is 38.9 Å². The Balaban J connectivity index is 1.77.